The highest BCUT2D eigenvalue weighted by Crippen LogP contribution is 2.32. The smallest absolute Gasteiger partial charge is 0.352 e. The summed E-state index contributed by atoms with van der Waals surface area (Å²) < 4.78 is 33.5. The highest BCUT2D eigenvalue weighted by atomic mass is 19.3. The van der Waals surface area contributed by atoms with Gasteiger partial charge in [0.05, 0.1) is 12.6 Å². The second kappa shape index (κ2) is 11.6. The molecular formula is C17H29F2N3O9. The van der Waals surface area contributed by atoms with Crippen molar-refractivity contribution in [2.45, 2.75) is 74.7 Å². The van der Waals surface area contributed by atoms with Crippen molar-refractivity contribution in [2.75, 3.05) is 13.2 Å². The van der Waals surface area contributed by atoms with Crippen molar-refractivity contribution in [1.82, 2.24) is 10.6 Å². The van der Waals surface area contributed by atoms with E-state index in [0.29, 0.717) is 0 Å². The lowest BCUT2D eigenvalue weighted by Gasteiger charge is -2.42. The number of aliphatic hydroxyl groups excluding tert-OH is 4. The third kappa shape index (κ3) is 7.02. The lowest BCUT2D eigenvalue weighted by atomic mass is 9.91. The van der Waals surface area contributed by atoms with Crippen LogP contribution in [0.25, 0.3) is 0 Å². The Morgan fingerprint density at radius 2 is 1.74 bits per heavy atom. The zero-order valence-corrected chi connectivity index (χ0v) is 16.8. The Balaban J connectivity index is 2.47. The minimum atomic E-state index is -4.28. The van der Waals surface area contributed by atoms with Gasteiger partial charge in [-0.05, 0) is 26.2 Å². The Morgan fingerprint density at radius 1 is 1.13 bits per heavy atom. The maximum absolute atomic E-state index is 14.4. The zero-order valence-electron chi connectivity index (χ0n) is 16.8. The zero-order chi connectivity index (χ0) is 23.9. The molecular weight excluding hydrogens is 428 g/mol. The normalized spacial score (nSPS) is 28.5. The second-order valence-electron chi connectivity index (χ2n) is 7.30. The van der Waals surface area contributed by atoms with Crippen LogP contribution in [0, 0.1) is 0 Å². The number of hydrogen-bond acceptors (Lipinski definition) is 9. The van der Waals surface area contributed by atoms with Crippen molar-refractivity contribution in [3.63, 3.8) is 0 Å². The number of carboxylic acid groups (broad SMARTS) is 1. The van der Waals surface area contributed by atoms with Crippen LogP contribution in [0.2, 0.25) is 0 Å². The first-order valence-electron chi connectivity index (χ1n) is 9.59. The highest BCUT2D eigenvalue weighted by Gasteiger charge is 2.58. The third-order valence-corrected chi connectivity index (χ3v) is 4.85. The monoisotopic (exact) mass is 457 g/mol. The van der Waals surface area contributed by atoms with E-state index >= 15 is 0 Å². The number of aliphatic carboxylic acids is 1. The molecule has 1 fully saturated rings. The summed E-state index contributed by atoms with van der Waals surface area (Å²) in [4.78, 5) is 34.3. The summed E-state index contributed by atoms with van der Waals surface area (Å²) in [6, 6.07) is -2.14. The predicted molar refractivity (Wildman–Crippen MR) is 98.8 cm³/mol. The molecule has 0 unspecified atom stereocenters. The van der Waals surface area contributed by atoms with Crippen LogP contribution in [-0.4, -0.2) is 105 Å². The second-order valence-corrected chi connectivity index (χ2v) is 7.30. The van der Waals surface area contributed by atoms with Crippen molar-refractivity contribution in [1.29, 1.82) is 0 Å². The van der Waals surface area contributed by atoms with Gasteiger partial charge in [0.25, 0.3) is 5.91 Å². The van der Waals surface area contributed by atoms with Gasteiger partial charge in [-0.2, -0.15) is 8.78 Å². The number of hydrogen-bond donors (Lipinski definition) is 8. The minimum Gasteiger partial charge on any atom is -0.480 e. The molecule has 7 atom stereocenters. The van der Waals surface area contributed by atoms with Gasteiger partial charge in [0, 0.05) is 6.54 Å². The van der Waals surface area contributed by atoms with Crippen LogP contribution in [0.3, 0.4) is 0 Å². The molecule has 0 spiro atoms. The summed E-state index contributed by atoms with van der Waals surface area (Å²) in [5.41, 5.74) is 5.62. The van der Waals surface area contributed by atoms with Gasteiger partial charge in [-0.1, -0.05) is 0 Å². The first-order valence-corrected chi connectivity index (χ1v) is 9.59. The summed E-state index contributed by atoms with van der Waals surface area (Å²) >= 11 is 0. The molecule has 0 aromatic rings. The molecule has 14 heteroatoms. The van der Waals surface area contributed by atoms with Gasteiger partial charge in [0.15, 0.2) is 6.10 Å². The van der Waals surface area contributed by atoms with Gasteiger partial charge in [0.1, 0.15) is 30.5 Å². The number of alkyl halides is 2. The molecule has 12 nitrogen and oxygen atoms in total. The van der Waals surface area contributed by atoms with E-state index in [4.69, 9.17) is 20.7 Å². The largest absolute Gasteiger partial charge is 0.480 e. The Kier molecular flexibility index (Phi) is 10.1. The molecule has 9 N–H and O–H groups in total. The molecule has 1 aliphatic heterocycles. The van der Waals surface area contributed by atoms with Crippen LogP contribution in [0.4, 0.5) is 8.78 Å². The topological polar surface area (TPSA) is 212 Å². The molecule has 1 rings (SSSR count). The molecule has 1 aliphatic rings. The standard InChI is InChI=1S/C17H29F2N3O9/c1-7(15(28)29)22-14(27)8(20)4-2-3-5-21-16(30)17(18,19)13-12(26)11(25)10(24)9(6-23)31-13/h7-13,23-26H,2-6,20H2,1H3,(H,21,30)(H,22,27)(H,28,29)/t7-,8-,9+,10-,11-,12+,13+/m0/s1. The lowest BCUT2D eigenvalue weighted by molar-refractivity contribution is -0.274. The lowest BCUT2D eigenvalue weighted by Crippen LogP contribution is -2.65. The van der Waals surface area contributed by atoms with E-state index in [2.05, 4.69) is 5.32 Å². The van der Waals surface area contributed by atoms with Crippen molar-refractivity contribution < 1.29 is 53.4 Å². The summed E-state index contributed by atoms with van der Waals surface area (Å²) in [5.74, 6) is -8.00. The first kappa shape index (κ1) is 27.1. The molecule has 0 aromatic carbocycles. The van der Waals surface area contributed by atoms with Gasteiger partial charge < -0.3 is 46.6 Å². The van der Waals surface area contributed by atoms with E-state index in [9.17, 15) is 38.5 Å². The van der Waals surface area contributed by atoms with Crippen LogP contribution in [0.15, 0.2) is 0 Å². The van der Waals surface area contributed by atoms with Crippen LogP contribution in [0.5, 0.6) is 0 Å². The number of unbranched alkanes of at least 4 members (excludes halogenated alkanes) is 1. The van der Waals surface area contributed by atoms with Crippen LogP contribution < -0.4 is 16.4 Å². The van der Waals surface area contributed by atoms with Crippen molar-refractivity contribution in [3.05, 3.63) is 0 Å². The average molecular weight is 457 g/mol. The Bertz CT molecular complexity index is 638. The van der Waals surface area contributed by atoms with Crippen LogP contribution >= 0.6 is 0 Å². The van der Waals surface area contributed by atoms with Crippen LogP contribution in [-0.2, 0) is 19.1 Å². The van der Waals surface area contributed by atoms with Gasteiger partial charge in [-0.25, -0.2) is 0 Å². The summed E-state index contributed by atoms with van der Waals surface area (Å²) in [6.45, 7) is 0.113. The SMILES string of the molecule is C[C@H](NC(=O)[C@@H](N)CCCCNC(=O)C(F)(F)[C@@H]1O[C@H](CO)[C@H](O)[C@H](O)[C@H]1O)C(=O)O. The predicted octanol–water partition coefficient (Wildman–Crippen LogP) is -3.33. The van der Waals surface area contributed by atoms with E-state index in [0.717, 1.165) is 0 Å². The van der Waals surface area contributed by atoms with E-state index < -0.39 is 72.9 Å². The molecule has 1 saturated heterocycles. The molecule has 0 radical (unpaired) electrons. The number of amides is 2. The van der Waals surface area contributed by atoms with E-state index in [-0.39, 0.29) is 25.8 Å². The summed E-state index contributed by atoms with van der Waals surface area (Å²) in [6.07, 6.45) is -9.72. The number of aliphatic hydroxyl groups is 4. The highest BCUT2D eigenvalue weighted by molar-refractivity contribution is 5.86. The molecule has 0 aliphatic carbocycles. The maximum Gasteiger partial charge on any atom is 0.352 e. The molecule has 0 saturated carbocycles. The van der Waals surface area contributed by atoms with Gasteiger partial charge >= 0.3 is 11.9 Å². The van der Waals surface area contributed by atoms with Gasteiger partial charge in [-0.15, -0.1) is 0 Å². The number of halogens is 2. The quantitative estimate of drug-likeness (QED) is 0.145. The number of carbonyl (C=O) groups is 3. The van der Waals surface area contributed by atoms with Crippen molar-refractivity contribution in [2.24, 2.45) is 5.73 Å². The fourth-order valence-corrected chi connectivity index (χ4v) is 2.85. The minimum absolute atomic E-state index is 0.108. The average Bonchev–Trinajstić information content (AvgIpc) is 2.71. The molecule has 180 valence electrons. The van der Waals surface area contributed by atoms with E-state index in [1.165, 1.54) is 6.92 Å². The molecule has 2 amide bonds. The number of carbonyl (C=O) groups excluding carboxylic acids is 2. The Labute approximate surface area is 176 Å². The number of ether oxygens (including phenoxy) is 1. The van der Waals surface area contributed by atoms with Crippen molar-refractivity contribution in [3.8, 4) is 0 Å². The van der Waals surface area contributed by atoms with Gasteiger partial charge in [-0.3, -0.25) is 14.4 Å². The third-order valence-electron chi connectivity index (χ3n) is 4.85. The molecule has 0 bridgehead atoms. The summed E-state index contributed by atoms with van der Waals surface area (Å²) in [7, 11) is 0. The van der Waals surface area contributed by atoms with E-state index in [1.54, 1.807) is 0 Å². The first-order chi connectivity index (χ1) is 14.3. The number of nitrogens with one attached hydrogen (secondary N) is 2. The Hall–Kier alpha value is -1.97. The number of carboxylic acids is 1. The molecule has 1 heterocycles. The van der Waals surface area contributed by atoms with Crippen molar-refractivity contribution >= 4 is 17.8 Å². The molecule has 0 aromatic heterocycles. The fourth-order valence-electron chi connectivity index (χ4n) is 2.85. The Morgan fingerprint density at radius 3 is 2.29 bits per heavy atom. The van der Waals surface area contributed by atoms with Gasteiger partial charge in [0.2, 0.25) is 5.91 Å². The number of nitrogens with two attached hydrogens (primary N) is 1. The fraction of sp³-hybridized carbons (Fsp3) is 0.824. The maximum atomic E-state index is 14.4. The van der Waals surface area contributed by atoms with E-state index in [1.807, 2.05) is 5.32 Å². The van der Waals surface area contributed by atoms with Crippen LogP contribution in [0.1, 0.15) is 26.2 Å². The molecule has 31 heavy (non-hydrogen) atoms. The number of rotatable bonds is 11. The summed E-state index contributed by atoms with van der Waals surface area (Å²) in [5, 5.41) is 50.9.